The maximum atomic E-state index is 13.8. The highest BCUT2D eigenvalue weighted by Gasteiger charge is 2.30. The van der Waals surface area contributed by atoms with Gasteiger partial charge < -0.3 is 14.9 Å². The van der Waals surface area contributed by atoms with Crippen LogP contribution in [0.15, 0.2) is 47.6 Å². The summed E-state index contributed by atoms with van der Waals surface area (Å²) < 4.78 is 32.0. The number of hydrogen-bond acceptors (Lipinski definition) is 4. The average molecular weight is 360 g/mol. The van der Waals surface area contributed by atoms with Crippen molar-refractivity contribution in [1.29, 1.82) is 0 Å². The Kier molecular flexibility index (Phi) is 5.16. The molecule has 0 bridgehead atoms. The number of benzene rings is 2. The molecule has 0 spiro atoms. The molecule has 0 aliphatic carbocycles. The summed E-state index contributed by atoms with van der Waals surface area (Å²) in [6.07, 6.45) is -0.572. The van der Waals surface area contributed by atoms with Crippen molar-refractivity contribution in [2.24, 2.45) is 5.16 Å². The minimum absolute atomic E-state index is 0.138. The first kappa shape index (κ1) is 17.8. The molecular weight excluding hydrogens is 342 g/mol. The molecule has 2 aromatic carbocycles. The van der Waals surface area contributed by atoms with Gasteiger partial charge in [0.05, 0.1) is 18.9 Å². The van der Waals surface area contributed by atoms with Crippen LogP contribution in [0.5, 0.6) is 5.75 Å². The zero-order chi connectivity index (χ0) is 18.7. The molecule has 136 valence electrons. The van der Waals surface area contributed by atoms with E-state index in [1.807, 2.05) is 0 Å². The Morgan fingerprint density at radius 1 is 1.31 bits per heavy atom. The normalized spacial score (nSPS) is 17.2. The quantitative estimate of drug-likeness (QED) is 0.890. The Morgan fingerprint density at radius 3 is 2.81 bits per heavy atom. The van der Waals surface area contributed by atoms with Gasteiger partial charge in [-0.1, -0.05) is 23.4 Å². The Bertz CT molecular complexity index is 854. The van der Waals surface area contributed by atoms with Crippen LogP contribution >= 0.6 is 0 Å². The molecule has 0 aromatic heterocycles. The van der Waals surface area contributed by atoms with Crippen LogP contribution in [0.1, 0.15) is 30.5 Å². The highest BCUT2D eigenvalue weighted by molar-refractivity contribution is 6.04. The molecule has 0 fully saturated rings. The van der Waals surface area contributed by atoms with Crippen LogP contribution < -0.4 is 10.1 Å². The Labute approximate surface area is 149 Å². The van der Waals surface area contributed by atoms with Gasteiger partial charge in [0.2, 0.25) is 6.10 Å². The third kappa shape index (κ3) is 3.82. The number of carbonyl (C=O) groups excluding carboxylic acids is 1. The predicted octanol–water partition coefficient (Wildman–Crippen LogP) is 3.34. The smallest absolute Gasteiger partial charge is 0.264 e. The second-order valence-corrected chi connectivity index (χ2v) is 5.97. The number of nitrogens with zero attached hydrogens (tertiary/aromatic N) is 1. The van der Waals surface area contributed by atoms with Gasteiger partial charge in [0.15, 0.2) is 11.6 Å². The lowest BCUT2D eigenvalue weighted by Crippen LogP contribution is -2.36. The van der Waals surface area contributed by atoms with Gasteiger partial charge >= 0.3 is 0 Å². The third-order valence-corrected chi connectivity index (χ3v) is 4.15. The van der Waals surface area contributed by atoms with Crippen molar-refractivity contribution in [3.63, 3.8) is 0 Å². The molecule has 1 N–H and O–H groups in total. The molecular formula is C19H18F2N2O3. The molecule has 3 rings (SSSR count). The molecule has 0 saturated carbocycles. The first-order chi connectivity index (χ1) is 12.5. The van der Waals surface area contributed by atoms with E-state index in [9.17, 15) is 13.6 Å². The topological polar surface area (TPSA) is 59.9 Å². The van der Waals surface area contributed by atoms with Gasteiger partial charge in [-0.25, -0.2) is 8.78 Å². The summed E-state index contributed by atoms with van der Waals surface area (Å²) in [6.45, 7) is 1.74. The first-order valence-electron chi connectivity index (χ1n) is 8.10. The minimum atomic E-state index is -0.807. The lowest BCUT2D eigenvalue weighted by atomic mass is 10.0. The highest BCUT2D eigenvalue weighted by atomic mass is 19.1. The SMILES string of the molecule is COc1ccc([C@@H](C)NC(=O)[C@H]2CC(c3cccc(F)c3)=NO2)cc1F. The monoisotopic (exact) mass is 360 g/mol. The molecule has 5 nitrogen and oxygen atoms in total. The molecule has 0 saturated heterocycles. The number of amides is 1. The molecule has 7 heteroatoms. The van der Waals surface area contributed by atoms with Gasteiger partial charge in [-0.2, -0.15) is 0 Å². The van der Waals surface area contributed by atoms with E-state index >= 15 is 0 Å². The second kappa shape index (κ2) is 7.51. The summed E-state index contributed by atoms with van der Waals surface area (Å²) in [5.74, 6) is -1.11. The zero-order valence-corrected chi connectivity index (χ0v) is 14.3. The lowest BCUT2D eigenvalue weighted by Gasteiger charge is -2.17. The third-order valence-electron chi connectivity index (χ3n) is 4.15. The summed E-state index contributed by atoms with van der Waals surface area (Å²) in [5.41, 5.74) is 1.68. The van der Waals surface area contributed by atoms with Crippen molar-refractivity contribution in [3.05, 3.63) is 65.2 Å². The lowest BCUT2D eigenvalue weighted by molar-refractivity contribution is -0.131. The van der Waals surface area contributed by atoms with Gasteiger partial charge in [-0.15, -0.1) is 0 Å². The molecule has 1 aliphatic heterocycles. The van der Waals surface area contributed by atoms with Crippen LogP contribution in [0, 0.1) is 11.6 Å². The molecule has 1 amide bonds. The fraction of sp³-hybridized carbons (Fsp3) is 0.263. The number of methoxy groups -OCH3 is 1. The summed E-state index contributed by atoms with van der Waals surface area (Å²) in [5, 5.41) is 6.65. The first-order valence-corrected chi connectivity index (χ1v) is 8.10. The fourth-order valence-electron chi connectivity index (χ4n) is 2.70. The maximum absolute atomic E-state index is 13.8. The van der Waals surface area contributed by atoms with Crippen molar-refractivity contribution in [2.45, 2.75) is 25.5 Å². The van der Waals surface area contributed by atoms with E-state index in [4.69, 9.17) is 9.57 Å². The van der Waals surface area contributed by atoms with Gasteiger partial charge in [0.25, 0.3) is 5.91 Å². The van der Waals surface area contributed by atoms with E-state index in [1.165, 1.54) is 31.4 Å². The molecule has 2 aromatic rings. The standard InChI is InChI=1S/C19H18F2N2O3/c1-11(12-6-7-17(25-2)15(21)9-12)22-19(24)18-10-16(23-26-18)13-4-3-5-14(20)8-13/h3-9,11,18H,10H2,1-2H3,(H,22,24)/t11-,18-/m1/s1. The summed E-state index contributed by atoms with van der Waals surface area (Å²) >= 11 is 0. The predicted molar refractivity (Wildman–Crippen MR) is 91.9 cm³/mol. The fourth-order valence-corrected chi connectivity index (χ4v) is 2.70. The van der Waals surface area contributed by atoms with Crippen molar-refractivity contribution >= 4 is 11.6 Å². The van der Waals surface area contributed by atoms with Crippen molar-refractivity contribution in [1.82, 2.24) is 5.32 Å². The van der Waals surface area contributed by atoms with Crippen molar-refractivity contribution in [3.8, 4) is 5.75 Å². The van der Waals surface area contributed by atoms with Gasteiger partial charge in [0.1, 0.15) is 5.82 Å². The number of hydrogen-bond donors (Lipinski definition) is 1. The molecule has 0 unspecified atom stereocenters. The molecule has 2 atom stereocenters. The molecule has 26 heavy (non-hydrogen) atoms. The Morgan fingerprint density at radius 2 is 2.12 bits per heavy atom. The van der Waals surface area contributed by atoms with Crippen LogP contribution in [0.2, 0.25) is 0 Å². The van der Waals surface area contributed by atoms with E-state index in [-0.39, 0.29) is 23.9 Å². The minimum Gasteiger partial charge on any atom is -0.494 e. The number of ether oxygens (including phenoxy) is 1. The van der Waals surface area contributed by atoms with E-state index in [0.717, 1.165) is 0 Å². The Balaban J connectivity index is 1.61. The van der Waals surface area contributed by atoms with E-state index in [0.29, 0.717) is 16.8 Å². The number of carbonyl (C=O) groups is 1. The van der Waals surface area contributed by atoms with Crippen LogP contribution in [0.3, 0.4) is 0 Å². The van der Waals surface area contributed by atoms with Crippen LogP contribution in [-0.4, -0.2) is 24.8 Å². The molecule has 1 aliphatic rings. The van der Waals surface area contributed by atoms with Crippen molar-refractivity contribution in [2.75, 3.05) is 7.11 Å². The zero-order valence-electron chi connectivity index (χ0n) is 14.3. The van der Waals surface area contributed by atoms with E-state index in [1.54, 1.807) is 25.1 Å². The second-order valence-electron chi connectivity index (χ2n) is 5.97. The van der Waals surface area contributed by atoms with E-state index in [2.05, 4.69) is 10.5 Å². The maximum Gasteiger partial charge on any atom is 0.264 e. The summed E-state index contributed by atoms with van der Waals surface area (Å²) in [4.78, 5) is 17.6. The van der Waals surface area contributed by atoms with Gasteiger partial charge in [0, 0.05) is 12.0 Å². The number of oxime groups is 1. The van der Waals surface area contributed by atoms with Gasteiger partial charge in [-0.05, 0) is 36.8 Å². The number of rotatable bonds is 5. The van der Waals surface area contributed by atoms with E-state index < -0.39 is 18.0 Å². The van der Waals surface area contributed by atoms with Crippen LogP contribution in [0.4, 0.5) is 8.78 Å². The molecule has 0 radical (unpaired) electrons. The van der Waals surface area contributed by atoms with Gasteiger partial charge in [-0.3, -0.25) is 4.79 Å². The Hall–Kier alpha value is -2.96. The largest absolute Gasteiger partial charge is 0.494 e. The van der Waals surface area contributed by atoms with Crippen LogP contribution in [0.25, 0.3) is 0 Å². The highest BCUT2D eigenvalue weighted by Crippen LogP contribution is 2.23. The number of nitrogens with one attached hydrogen (secondary N) is 1. The van der Waals surface area contributed by atoms with Crippen LogP contribution in [-0.2, 0) is 9.63 Å². The average Bonchev–Trinajstić information content (AvgIpc) is 3.12. The molecule has 1 heterocycles. The summed E-state index contributed by atoms with van der Waals surface area (Å²) in [6, 6.07) is 10.0. The van der Waals surface area contributed by atoms with Crippen molar-refractivity contribution < 1.29 is 23.1 Å². The number of halogens is 2. The summed E-state index contributed by atoms with van der Waals surface area (Å²) in [7, 11) is 1.39.